The maximum absolute atomic E-state index is 12.8. The molecule has 0 aromatic rings. The Morgan fingerprint density at radius 2 is 1.92 bits per heavy atom. The Bertz CT molecular complexity index is 407. The SMILES string of the molecule is C=C1CCCC(CC)(C(=O)OCC[N+](CC)(CCC)CCCC)C1. The fourth-order valence-electron chi connectivity index (χ4n) is 4.22. The van der Waals surface area contributed by atoms with Gasteiger partial charge in [-0.3, -0.25) is 4.79 Å². The summed E-state index contributed by atoms with van der Waals surface area (Å²) < 4.78 is 6.90. The highest BCUT2D eigenvalue weighted by atomic mass is 16.5. The van der Waals surface area contributed by atoms with Gasteiger partial charge in [-0.25, -0.2) is 0 Å². The summed E-state index contributed by atoms with van der Waals surface area (Å²) in [6, 6.07) is 0. The van der Waals surface area contributed by atoms with Gasteiger partial charge in [0.15, 0.2) is 0 Å². The predicted octanol–water partition coefficient (Wildman–Crippen LogP) is 5.10. The van der Waals surface area contributed by atoms with Gasteiger partial charge >= 0.3 is 5.97 Å². The van der Waals surface area contributed by atoms with Gasteiger partial charge in [0, 0.05) is 0 Å². The summed E-state index contributed by atoms with van der Waals surface area (Å²) in [5, 5.41) is 0. The van der Waals surface area contributed by atoms with E-state index in [0.29, 0.717) is 6.61 Å². The van der Waals surface area contributed by atoms with E-state index in [2.05, 4.69) is 34.3 Å². The van der Waals surface area contributed by atoms with Crippen LogP contribution < -0.4 is 0 Å². The Morgan fingerprint density at radius 1 is 1.17 bits per heavy atom. The monoisotopic (exact) mass is 338 g/mol. The number of quaternary nitrogens is 1. The summed E-state index contributed by atoms with van der Waals surface area (Å²) in [7, 11) is 0. The van der Waals surface area contributed by atoms with Gasteiger partial charge in [-0.2, -0.15) is 0 Å². The van der Waals surface area contributed by atoms with E-state index in [1.807, 2.05) is 0 Å². The molecule has 140 valence electrons. The summed E-state index contributed by atoms with van der Waals surface area (Å²) in [6.45, 7) is 18.0. The van der Waals surface area contributed by atoms with E-state index in [9.17, 15) is 4.79 Å². The van der Waals surface area contributed by atoms with Gasteiger partial charge < -0.3 is 9.22 Å². The average Bonchev–Trinajstić information content (AvgIpc) is 2.59. The van der Waals surface area contributed by atoms with Crippen LogP contribution in [-0.2, 0) is 9.53 Å². The van der Waals surface area contributed by atoms with Crippen molar-refractivity contribution in [3.8, 4) is 0 Å². The second kappa shape index (κ2) is 10.2. The lowest BCUT2D eigenvalue weighted by Crippen LogP contribution is -2.51. The quantitative estimate of drug-likeness (QED) is 0.297. The van der Waals surface area contributed by atoms with Gasteiger partial charge in [-0.1, -0.05) is 39.3 Å². The molecule has 0 saturated heterocycles. The molecule has 24 heavy (non-hydrogen) atoms. The molecule has 0 amide bonds. The zero-order valence-corrected chi connectivity index (χ0v) is 16.7. The number of unbranched alkanes of at least 4 members (excludes halogenated alkanes) is 1. The van der Waals surface area contributed by atoms with Crippen LogP contribution in [0.4, 0.5) is 0 Å². The van der Waals surface area contributed by atoms with Crippen molar-refractivity contribution in [2.45, 2.75) is 79.1 Å². The van der Waals surface area contributed by atoms with Crippen LogP contribution in [0.5, 0.6) is 0 Å². The molecule has 3 nitrogen and oxygen atoms in total. The molecule has 2 unspecified atom stereocenters. The van der Waals surface area contributed by atoms with Crippen molar-refractivity contribution in [2.75, 3.05) is 32.8 Å². The highest BCUT2D eigenvalue weighted by Gasteiger charge is 2.40. The van der Waals surface area contributed by atoms with E-state index in [1.54, 1.807) is 0 Å². The van der Waals surface area contributed by atoms with Crippen molar-refractivity contribution in [2.24, 2.45) is 5.41 Å². The summed E-state index contributed by atoms with van der Waals surface area (Å²) >= 11 is 0. The number of likely N-dealkylation sites (N-methyl/N-ethyl adjacent to an activating group) is 1. The lowest BCUT2D eigenvalue weighted by molar-refractivity contribution is -0.927. The van der Waals surface area contributed by atoms with Crippen LogP contribution in [0.3, 0.4) is 0 Å². The standard InChI is InChI=1S/C21H40NO2/c1-6-10-15-22(9-4,14-7-2)16-17-24-20(23)21(8-3)13-11-12-19(5)18-21/h5-18H2,1-4H3/q+1. The van der Waals surface area contributed by atoms with Crippen molar-refractivity contribution in [1.29, 1.82) is 0 Å². The molecule has 0 aromatic heterocycles. The molecular weight excluding hydrogens is 298 g/mol. The number of ether oxygens (including phenoxy) is 1. The Labute approximate surface area is 150 Å². The molecule has 0 spiro atoms. The highest BCUT2D eigenvalue weighted by molar-refractivity contribution is 5.77. The average molecular weight is 339 g/mol. The molecule has 1 fully saturated rings. The van der Waals surface area contributed by atoms with Crippen LogP contribution in [0.2, 0.25) is 0 Å². The molecule has 2 atom stereocenters. The number of hydrogen-bond donors (Lipinski definition) is 0. The lowest BCUT2D eigenvalue weighted by atomic mass is 9.70. The molecule has 1 aliphatic rings. The van der Waals surface area contributed by atoms with Crippen LogP contribution in [0.1, 0.15) is 79.1 Å². The topological polar surface area (TPSA) is 26.3 Å². The van der Waals surface area contributed by atoms with Crippen LogP contribution in [0.25, 0.3) is 0 Å². The van der Waals surface area contributed by atoms with Crippen molar-refractivity contribution < 1.29 is 14.0 Å². The zero-order valence-electron chi connectivity index (χ0n) is 16.7. The molecule has 1 rings (SSSR count). The first-order valence-corrected chi connectivity index (χ1v) is 10.2. The Balaban J connectivity index is 2.61. The van der Waals surface area contributed by atoms with Crippen molar-refractivity contribution >= 4 is 5.97 Å². The van der Waals surface area contributed by atoms with Gasteiger partial charge in [0.1, 0.15) is 13.2 Å². The molecule has 0 heterocycles. The largest absolute Gasteiger partial charge is 0.459 e. The number of carbonyl (C=O) groups excluding carboxylic acids is 1. The minimum Gasteiger partial charge on any atom is -0.459 e. The Morgan fingerprint density at radius 3 is 2.46 bits per heavy atom. The van der Waals surface area contributed by atoms with Crippen molar-refractivity contribution in [1.82, 2.24) is 0 Å². The second-order valence-electron chi connectivity index (χ2n) is 7.73. The highest BCUT2D eigenvalue weighted by Crippen LogP contribution is 2.42. The summed E-state index contributed by atoms with van der Waals surface area (Å²) in [6.07, 6.45) is 8.45. The van der Waals surface area contributed by atoms with Crippen LogP contribution in [0.15, 0.2) is 12.2 Å². The Hall–Kier alpha value is -0.830. The summed E-state index contributed by atoms with van der Waals surface area (Å²) in [4.78, 5) is 12.8. The third kappa shape index (κ3) is 5.61. The number of allylic oxidation sites excluding steroid dienone is 1. The molecule has 0 radical (unpaired) electrons. The molecule has 0 N–H and O–H groups in total. The predicted molar refractivity (Wildman–Crippen MR) is 102 cm³/mol. The first-order chi connectivity index (χ1) is 11.5. The fraction of sp³-hybridized carbons (Fsp3) is 0.857. The lowest BCUT2D eigenvalue weighted by Gasteiger charge is -2.39. The van der Waals surface area contributed by atoms with Crippen LogP contribution in [0, 0.1) is 5.41 Å². The van der Waals surface area contributed by atoms with E-state index in [1.165, 1.54) is 37.9 Å². The van der Waals surface area contributed by atoms with E-state index in [4.69, 9.17) is 4.74 Å². The first kappa shape index (κ1) is 21.2. The molecule has 0 aliphatic heterocycles. The van der Waals surface area contributed by atoms with Crippen LogP contribution in [-0.4, -0.2) is 43.2 Å². The zero-order chi connectivity index (χ0) is 18.1. The number of rotatable bonds is 11. The number of esters is 1. The number of carbonyl (C=O) groups is 1. The van der Waals surface area contributed by atoms with Gasteiger partial charge in [-0.05, 0) is 51.9 Å². The molecule has 1 saturated carbocycles. The molecule has 3 heteroatoms. The molecule has 1 aliphatic carbocycles. The minimum atomic E-state index is -0.300. The van der Waals surface area contributed by atoms with Gasteiger partial charge in [0.25, 0.3) is 0 Å². The van der Waals surface area contributed by atoms with Crippen molar-refractivity contribution in [3.05, 3.63) is 12.2 Å². The second-order valence-corrected chi connectivity index (χ2v) is 7.73. The summed E-state index contributed by atoms with van der Waals surface area (Å²) in [5.41, 5.74) is 0.915. The van der Waals surface area contributed by atoms with Crippen LogP contribution >= 0.6 is 0 Å². The first-order valence-electron chi connectivity index (χ1n) is 10.2. The van der Waals surface area contributed by atoms with E-state index < -0.39 is 0 Å². The number of hydrogen-bond acceptors (Lipinski definition) is 2. The van der Waals surface area contributed by atoms with E-state index in [-0.39, 0.29) is 11.4 Å². The normalized spacial score (nSPS) is 23.8. The van der Waals surface area contributed by atoms with E-state index >= 15 is 0 Å². The third-order valence-electron chi connectivity index (χ3n) is 6.04. The van der Waals surface area contributed by atoms with Gasteiger partial charge in [0.05, 0.1) is 25.0 Å². The third-order valence-corrected chi connectivity index (χ3v) is 6.04. The minimum absolute atomic E-state index is 0.0204. The molecular formula is C21H40NO2+. The molecule has 0 aromatic carbocycles. The smallest absolute Gasteiger partial charge is 0.312 e. The number of nitrogens with zero attached hydrogens (tertiary/aromatic N) is 1. The maximum atomic E-state index is 12.8. The van der Waals surface area contributed by atoms with Crippen molar-refractivity contribution in [3.63, 3.8) is 0 Å². The van der Waals surface area contributed by atoms with Gasteiger partial charge in [0.2, 0.25) is 0 Å². The van der Waals surface area contributed by atoms with E-state index in [0.717, 1.165) is 49.7 Å². The fourth-order valence-corrected chi connectivity index (χ4v) is 4.22. The summed E-state index contributed by atoms with van der Waals surface area (Å²) in [5.74, 6) is 0.0204. The van der Waals surface area contributed by atoms with Gasteiger partial charge in [-0.15, -0.1) is 0 Å². The Kier molecular flexibility index (Phi) is 9.04. The maximum Gasteiger partial charge on any atom is 0.312 e. The molecule has 0 bridgehead atoms.